The summed E-state index contributed by atoms with van der Waals surface area (Å²) in [6.07, 6.45) is 5.10. The van der Waals surface area contributed by atoms with Crippen LogP contribution >= 0.6 is 0 Å². The van der Waals surface area contributed by atoms with Crippen LogP contribution in [0.1, 0.15) is 88.4 Å². The van der Waals surface area contributed by atoms with Crippen molar-refractivity contribution in [2.45, 2.75) is 73.1 Å². The zero-order chi connectivity index (χ0) is 28.5. The van der Waals surface area contributed by atoms with Crippen LogP contribution in [-0.2, 0) is 11.2 Å². The van der Waals surface area contributed by atoms with Crippen LogP contribution in [0.5, 0.6) is 11.5 Å². The number of benzene rings is 1. The van der Waals surface area contributed by atoms with Crippen LogP contribution in [0.25, 0.3) is 0 Å². The Labute approximate surface area is 225 Å². The van der Waals surface area contributed by atoms with Crippen LogP contribution in [0.15, 0.2) is 51.8 Å². The molecule has 38 heavy (non-hydrogen) atoms. The van der Waals surface area contributed by atoms with Crippen LogP contribution in [-0.4, -0.2) is 30.7 Å². The summed E-state index contributed by atoms with van der Waals surface area (Å²) in [4.78, 5) is 37.2. The van der Waals surface area contributed by atoms with Gasteiger partial charge in [0.2, 0.25) is 0 Å². The van der Waals surface area contributed by atoms with Gasteiger partial charge in [0.1, 0.15) is 22.8 Å². The maximum Gasteiger partial charge on any atom is 0.410 e. The Morgan fingerprint density at radius 2 is 1.87 bits per heavy atom. The number of carbonyl (C=O) groups is 2. The van der Waals surface area contributed by atoms with E-state index in [2.05, 4.69) is 30.8 Å². The zero-order valence-corrected chi connectivity index (χ0v) is 23.6. The van der Waals surface area contributed by atoms with Crippen molar-refractivity contribution in [2.75, 3.05) is 13.7 Å². The molecule has 1 heterocycles. The summed E-state index contributed by atoms with van der Waals surface area (Å²) in [7, 11) is 1.28. The van der Waals surface area contributed by atoms with Gasteiger partial charge in [0, 0.05) is 23.6 Å². The van der Waals surface area contributed by atoms with Gasteiger partial charge in [-0.05, 0) is 48.8 Å². The minimum absolute atomic E-state index is 0.169. The van der Waals surface area contributed by atoms with Gasteiger partial charge in [-0.1, -0.05) is 59.8 Å². The fourth-order valence-corrected chi connectivity index (χ4v) is 3.86. The van der Waals surface area contributed by atoms with Gasteiger partial charge in [-0.3, -0.25) is 10.1 Å². The highest BCUT2D eigenvalue weighted by molar-refractivity contribution is 6.02. The molecule has 0 bridgehead atoms. The van der Waals surface area contributed by atoms with Gasteiger partial charge in [0.25, 0.3) is 0 Å². The fourth-order valence-electron chi connectivity index (χ4n) is 3.86. The number of nitrogens with one attached hydrogen (secondary N) is 1. The molecule has 0 saturated carbocycles. The summed E-state index contributed by atoms with van der Waals surface area (Å²) in [5.41, 5.74) is -1.11. The van der Waals surface area contributed by atoms with Crippen LogP contribution in [0, 0.1) is 10.8 Å². The molecule has 208 valence electrons. The van der Waals surface area contributed by atoms with Crippen molar-refractivity contribution < 1.29 is 28.6 Å². The van der Waals surface area contributed by atoms with Crippen LogP contribution in [0.4, 0.5) is 4.79 Å². The molecule has 0 aliphatic rings. The summed E-state index contributed by atoms with van der Waals surface area (Å²) < 4.78 is 15.8. The predicted octanol–water partition coefficient (Wildman–Crippen LogP) is 6.37. The predicted molar refractivity (Wildman–Crippen MR) is 147 cm³/mol. The van der Waals surface area contributed by atoms with Gasteiger partial charge in [0.15, 0.2) is 5.78 Å². The van der Waals surface area contributed by atoms with E-state index in [0.717, 1.165) is 17.7 Å². The first-order valence-corrected chi connectivity index (χ1v) is 12.9. The number of hydrogen-bond donors (Lipinski definition) is 2. The topological polar surface area (TPSA) is 115 Å². The van der Waals surface area contributed by atoms with E-state index in [9.17, 15) is 19.5 Å². The molecule has 0 radical (unpaired) electrons. The Morgan fingerprint density at radius 1 is 1.16 bits per heavy atom. The largest absolute Gasteiger partial charge is 0.507 e. The van der Waals surface area contributed by atoms with E-state index in [1.54, 1.807) is 19.9 Å². The molecule has 8 nitrogen and oxygen atoms in total. The van der Waals surface area contributed by atoms with Crippen LogP contribution in [0.3, 0.4) is 0 Å². The number of ether oxygens (including phenoxy) is 2. The first-order valence-electron chi connectivity index (χ1n) is 12.9. The van der Waals surface area contributed by atoms with E-state index in [1.165, 1.54) is 19.4 Å². The Kier molecular flexibility index (Phi) is 10.7. The molecule has 0 aliphatic heterocycles. The third-order valence-electron chi connectivity index (χ3n) is 6.21. The summed E-state index contributed by atoms with van der Waals surface area (Å²) in [5.74, 6) is -0.0559. The van der Waals surface area contributed by atoms with Gasteiger partial charge in [-0.15, -0.1) is 0 Å². The van der Waals surface area contributed by atoms with Crippen molar-refractivity contribution in [3.63, 3.8) is 0 Å². The van der Waals surface area contributed by atoms with Crippen molar-refractivity contribution in [3.8, 4) is 11.5 Å². The number of methoxy groups -OCH3 is 1. The maximum atomic E-state index is 13.4. The molecule has 1 atom stereocenters. The molecule has 1 aromatic carbocycles. The molecule has 2 aromatic rings. The van der Waals surface area contributed by atoms with E-state index >= 15 is 0 Å². The Balaban J connectivity index is 2.09. The van der Waals surface area contributed by atoms with Crippen molar-refractivity contribution >= 4 is 11.9 Å². The number of Topliss-reactive ketones (excluding diaryl/α,β-unsaturated/α-hetero) is 1. The first kappa shape index (κ1) is 30.7. The average Bonchev–Trinajstić information content (AvgIpc) is 2.82. The molecular formula is C30H41NO7. The summed E-state index contributed by atoms with van der Waals surface area (Å²) >= 11 is 0. The smallest absolute Gasteiger partial charge is 0.410 e. The van der Waals surface area contributed by atoms with E-state index in [1.807, 2.05) is 31.2 Å². The van der Waals surface area contributed by atoms with E-state index < -0.39 is 22.9 Å². The van der Waals surface area contributed by atoms with Gasteiger partial charge >= 0.3 is 11.7 Å². The minimum atomic E-state index is -0.971. The Bertz CT molecular complexity index is 1190. The molecule has 2 rings (SSSR count). The van der Waals surface area contributed by atoms with E-state index in [0.29, 0.717) is 25.9 Å². The normalized spacial score (nSPS) is 12.8. The second-order valence-electron chi connectivity index (χ2n) is 11.4. The molecule has 1 amide bonds. The highest BCUT2D eigenvalue weighted by Crippen LogP contribution is 2.32. The highest BCUT2D eigenvalue weighted by Gasteiger charge is 2.34. The summed E-state index contributed by atoms with van der Waals surface area (Å²) in [6.45, 7) is 12.4. The molecule has 0 aliphatic carbocycles. The minimum Gasteiger partial charge on any atom is -0.507 e. The van der Waals surface area contributed by atoms with E-state index in [4.69, 9.17) is 9.15 Å². The van der Waals surface area contributed by atoms with Gasteiger partial charge in [0.05, 0.1) is 13.7 Å². The second-order valence-corrected chi connectivity index (χ2v) is 11.4. The molecule has 0 spiro atoms. The van der Waals surface area contributed by atoms with Gasteiger partial charge in [-0.2, -0.15) is 0 Å². The molecule has 0 saturated heterocycles. The number of carbonyl (C=O) groups excluding carboxylic acids is 2. The van der Waals surface area contributed by atoms with Gasteiger partial charge in [-0.25, -0.2) is 9.59 Å². The Morgan fingerprint density at radius 3 is 2.50 bits per heavy atom. The number of amides is 1. The van der Waals surface area contributed by atoms with Crippen molar-refractivity contribution in [1.29, 1.82) is 0 Å². The van der Waals surface area contributed by atoms with Crippen LogP contribution in [0.2, 0.25) is 0 Å². The zero-order valence-electron chi connectivity index (χ0n) is 23.6. The third-order valence-corrected chi connectivity index (χ3v) is 6.21. The highest BCUT2D eigenvalue weighted by atomic mass is 16.5. The standard InChI is InChI=1S/C30H41NO7/c1-20(11-8-9-15-31-28(35)36-7)24-18-23(32)25(27(34)38-24)26(33)30(5,6)19-21-12-10-13-22(17-21)37-16-14-29(2,3)4/h9-10,12-13,15,17-18,20,32H,8,11,14,16,19H2,1-7H3,(H,31,35)/b15-9+. The second kappa shape index (κ2) is 13.3. The monoisotopic (exact) mass is 527 g/mol. The summed E-state index contributed by atoms with van der Waals surface area (Å²) in [6, 6.07) is 8.92. The molecule has 0 fully saturated rings. The SMILES string of the molecule is COC(=O)N/C=C/CCC(C)c1cc(O)c(C(=O)C(C)(C)Cc2cccc(OCCC(C)(C)C)c2)c(=O)o1. The first-order chi connectivity index (χ1) is 17.7. The molecular weight excluding hydrogens is 486 g/mol. The number of hydrogen-bond acceptors (Lipinski definition) is 7. The number of rotatable bonds is 12. The molecule has 1 unspecified atom stereocenters. The molecule has 2 N–H and O–H groups in total. The maximum absolute atomic E-state index is 13.4. The lowest BCUT2D eigenvalue weighted by molar-refractivity contribution is 0.0829. The Hall–Kier alpha value is -3.55. The lowest BCUT2D eigenvalue weighted by Crippen LogP contribution is -2.31. The third kappa shape index (κ3) is 9.39. The number of ketones is 1. The van der Waals surface area contributed by atoms with Crippen molar-refractivity contribution in [1.82, 2.24) is 5.32 Å². The lowest BCUT2D eigenvalue weighted by Gasteiger charge is -2.24. The lowest BCUT2D eigenvalue weighted by atomic mass is 9.79. The summed E-state index contributed by atoms with van der Waals surface area (Å²) in [5, 5.41) is 13.1. The van der Waals surface area contributed by atoms with Gasteiger partial charge < -0.3 is 19.0 Å². The molecule has 8 heteroatoms. The van der Waals surface area contributed by atoms with Crippen molar-refractivity contribution in [2.24, 2.45) is 10.8 Å². The number of aromatic hydroxyl groups is 1. The van der Waals surface area contributed by atoms with Crippen molar-refractivity contribution in [3.05, 3.63) is 69.9 Å². The number of allylic oxidation sites excluding steroid dienone is 1. The van der Waals surface area contributed by atoms with Crippen LogP contribution < -0.4 is 15.7 Å². The average molecular weight is 528 g/mol. The molecule has 1 aromatic heterocycles. The number of alkyl carbamates (subject to hydrolysis) is 1. The quantitative estimate of drug-likeness (QED) is 0.308. The van der Waals surface area contributed by atoms with E-state index in [-0.39, 0.29) is 28.4 Å². The fraction of sp³-hybridized carbons (Fsp3) is 0.500.